The number of benzene rings is 2. The minimum absolute atomic E-state index is 0.340. The third kappa shape index (κ3) is 8.11. The molecule has 37 heavy (non-hydrogen) atoms. The molecule has 1 N–H and O–H groups in total. The zero-order chi connectivity index (χ0) is 26.8. The van der Waals surface area contributed by atoms with Gasteiger partial charge in [0.05, 0.1) is 23.8 Å². The smallest absolute Gasteiger partial charge is 0.417 e. The fourth-order valence-corrected chi connectivity index (χ4v) is 4.82. The van der Waals surface area contributed by atoms with Crippen LogP contribution in [0.4, 0.5) is 18.9 Å². The van der Waals surface area contributed by atoms with Gasteiger partial charge in [0.2, 0.25) is 0 Å². The maximum Gasteiger partial charge on any atom is 0.417 e. The van der Waals surface area contributed by atoms with Crippen LogP contribution in [0.5, 0.6) is 5.75 Å². The summed E-state index contributed by atoms with van der Waals surface area (Å²) in [5.74, 6) is 0.868. The molecule has 0 spiro atoms. The van der Waals surface area contributed by atoms with Gasteiger partial charge in [0.25, 0.3) is 0 Å². The van der Waals surface area contributed by atoms with Gasteiger partial charge in [0.15, 0.2) is 0 Å². The lowest BCUT2D eigenvalue weighted by atomic mass is 10.0. The number of piperazine rings is 1. The van der Waals surface area contributed by atoms with E-state index in [1.165, 1.54) is 11.6 Å². The van der Waals surface area contributed by atoms with Gasteiger partial charge < -0.3 is 15.0 Å². The van der Waals surface area contributed by atoms with Crippen LogP contribution in [0, 0.1) is 11.3 Å². The van der Waals surface area contributed by atoms with E-state index in [0.29, 0.717) is 37.5 Å². The number of alkyl halides is 3. The summed E-state index contributed by atoms with van der Waals surface area (Å²) in [4.78, 5) is 4.26. The molecule has 0 saturated carbocycles. The highest BCUT2D eigenvalue weighted by molar-refractivity contribution is 5.55. The lowest BCUT2D eigenvalue weighted by Crippen LogP contribution is -2.46. The molecule has 1 fully saturated rings. The molecule has 3 rings (SSSR count). The van der Waals surface area contributed by atoms with Gasteiger partial charge in [-0.15, -0.1) is 0 Å². The predicted octanol–water partition coefficient (Wildman–Crippen LogP) is 6.40. The lowest BCUT2D eigenvalue weighted by molar-refractivity contribution is -0.137. The fourth-order valence-electron chi connectivity index (χ4n) is 4.82. The largest absolute Gasteiger partial charge is 0.494 e. The van der Waals surface area contributed by atoms with E-state index in [1.807, 2.05) is 17.0 Å². The first kappa shape index (κ1) is 28.8. The SMILES string of the molecule is CCC(CC)NC(CC)c1ccc(OCCCN2CCN(c3ccc(C#N)c(C(F)(F)F)c3)CC2)cc1. The number of halogens is 3. The highest BCUT2D eigenvalue weighted by Gasteiger charge is 2.34. The molecule has 0 aliphatic carbocycles. The number of hydrogen-bond acceptors (Lipinski definition) is 5. The number of anilines is 1. The molecule has 2 aromatic rings. The van der Waals surface area contributed by atoms with E-state index in [0.717, 1.165) is 57.1 Å². The molecule has 1 aliphatic heterocycles. The zero-order valence-electron chi connectivity index (χ0n) is 22.2. The molecule has 1 unspecified atom stereocenters. The molecule has 1 atom stereocenters. The summed E-state index contributed by atoms with van der Waals surface area (Å²) >= 11 is 0. The molecule has 202 valence electrons. The zero-order valence-corrected chi connectivity index (χ0v) is 22.2. The van der Waals surface area contributed by atoms with E-state index in [-0.39, 0.29) is 5.56 Å². The van der Waals surface area contributed by atoms with Gasteiger partial charge in [-0.05, 0) is 61.6 Å². The van der Waals surface area contributed by atoms with Crippen LogP contribution < -0.4 is 15.0 Å². The van der Waals surface area contributed by atoms with Crippen LogP contribution in [-0.4, -0.2) is 50.3 Å². The number of hydrogen-bond donors (Lipinski definition) is 1. The second-order valence-corrected chi connectivity index (χ2v) is 9.58. The first-order valence-electron chi connectivity index (χ1n) is 13.4. The Labute approximate surface area is 219 Å². The van der Waals surface area contributed by atoms with Crippen LogP contribution in [0.2, 0.25) is 0 Å². The summed E-state index contributed by atoms with van der Waals surface area (Å²) < 4.78 is 45.8. The molecule has 8 heteroatoms. The van der Waals surface area contributed by atoms with E-state index in [2.05, 4.69) is 43.1 Å². The monoisotopic (exact) mass is 516 g/mol. The van der Waals surface area contributed by atoms with Gasteiger partial charge in [-0.2, -0.15) is 18.4 Å². The lowest BCUT2D eigenvalue weighted by Gasteiger charge is -2.36. The van der Waals surface area contributed by atoms with Crippen LogP contribution >= 0.6 is 0 Å². The standard InChI is InChI=1S/C29H39F3N4O/c1-4-24(5-2)34-28(6-3)22-9-12-26(13-10-22)37-19-7-14-35-15-17-36(18-16-35)25-11-8-23(21-33)27(20-25)29(30,31)32/h8-13,20,24,28,34H,4-7,14-19H2,1-3H3. The van der Waals surface area contributed by atoms with Gasteiger partial charge in [0, 0.05) is 50.5 Å². The van der Waals surface area contributed by atoms with Crippen LogP contribution in [-0.2, 0) is 6.18 Å². The maximum absolute atomic E-state index is 13.3. The summed E-state index contributed by atoms with van der Waals surface area (Å²) in [6, 6.07) is 14.9. The third-order valence-electron chi connectivity index (χ3n) is 7.17. The van der Waals surface area contributed by atoms with Crippen molar-refractivity contribution in [3.8, 4) is 11.8 Å². The van der Waals surface area contributed by atoms with Crippen molar-refractivity contribution in [3.05, 3.63) is 59.2 Å². The van der Waals surface area contributed by atoms with E-state index in [4.69, 9.17) is 10.00 Å². The molecule has 1 heterocycles. The summed E-state index contributed by atoms with van der Waals surface area (Å²) in [6.45, 7) is 11.0. The summed E-state index contributed by atoms with van der Waals surface area (Å²) in [7, 11) is 0. The minimum atomic E-state index is -4.54. The van der Waals surface area contributed by atoms with E-state index in [9.17, 15) is 13.2 Å². The van der Waals surface area contributed by atoms with Crippen LogP contribution in [0.15, 0.2) is 42.5 Å². The minimum Gasteiger partial charge on any atom is -0.494 e. The molecule has 1 saturated heterocycles. The Morgan fingerprint density at radius 3 is 2.22 bits per heavy atom. The van der Waals surface area contributed by atoms with Crippen LogP contribution in [0.3, 0.4) is 0 Å². The first-order valence-corrected chi connectivity index (χ1v) is 13.4. The van der Waals surface area contributed by atoms with Crippen LogP contribution in [0.25, 0.3) is 0 Å². The normalized spacial score (nSPS) is 15.6. The van der Waals surface area contributed by atoms with E-state index < -0.39 is 11.7 Å². The first-order chi connectivity index (χ1) is 17.8. The van der Waals surface area contributed by atoms with Crippen molar-refractivity contribution in [2.75, 3.05) is 44.2 Å². The number of nitriles is 1. The third-order valence-corrected chi connectivity index (χ3v) is 7.17. The Hall–Kier alpha value is -2.76. The topological polar surface area (TPSA) is 51.5 Å². The Balaban J connectivity index is 1.42. The highest BCUT2D eigenvalue weighted by atomic mass is 19.4. The molecular formula is C29H39F3N4O. The van der Waals surface area contributed by atoms with Crippen molar-refractivity contribution in [2.24, 2.45) is 0 Å². The maximum atomic E-state index is 13.3. The average molecular weight is 517 g/mol. The van der Waals surface area contributed by atoms with Crippen molar-refractivity contribution in [1.29, 1.82) is 5.26 Å². The van der Waals surface area contributed by atoms with Crippen molar-refractivity contribution in [1.82, 2.24) is 10.2 Å². The van der Waals surface area contributed by atoms with E-state index >= 15 is 0 Å². The fraction of sp³-hybridized carbons (Fsp3) is 0.552. The van der Waals surface area contributed by atoms with Gasteiger partial charge in [-0.25, -0.2) is 0 Å². The molecule has 0 amide bonds. The number of nitrogens with one attached hydrogen (secondary N) is 1. The Morgan fingerprint density at radius 2 is 1.65 bits per heavy atom. The molecule has 2 aromatic carbocycles. The van der Waals surface area contributed by atoms with Crippen molar-refractivity contribution in [2.45, 2.75) is 64.7 Å². The summed E-state index contributed by atoms with van der Waals surface area (Å²) in [6.07, 6.45) is -0.371. The number of nitrogens with zero attached hydrogens (tertiary/aromatic N) is 3. The predicted molar refractivity (Wildman–Crippen MR) is 142 cm³/mol. The number of ether oxygens (including phenoxy) is 1. The van der Waals surface area contributed by atoms with E-state index in [1.54, 1.807) is 12.1 Å². The molecule has 0 aromatic heterocycles. The Kier molecular flexibility index (Phi) is 10.7. The highest BCUT2D eigenvalue weighted by Crippen LogP contribution is 2.34. The molecular weight excluding hydrogens is 477 g/mol. The summed E-state index contributed by atoms with van der Waals surface area (Å²) in [5.41, 5.74) is 0.586. The van der Waals surface area contributed by atoms with Crippen molar-refractivity contribution >= 4 is 5.69 Å². The second-order valence-electron chi connectivity index (χ2n) is 9.58. The van der Waals surface area contributed by atoms with Gasteiger partial charge in [0.1, 0.15) is 5.75 Å². The van der Waals surface area contributed by atoms with Gasteiger partial charge in [-0.1, -0.05) is 32.9 Å². The van der Waals surface area contributed by atoms with Crippen molar-refractivity contribution < 1.29 is 17.9 Å². The Bertz CT molecular complexity index is 1010. The van der Waals surface area contributed by atoms with Crippen LogP contribution in [0.1, 0.15) is 69.2 Å². The van der Waals surface area contributed by atoms with Gasteiger partial charge in [-0.3, -0.25) is 4.90 Å². The molecule has 0 bridgehead atoms. The quantitative estimate of drug-likeness (QED) is 0.331. The van der Waals surface area contributed by atoms with Crippen molar-refractivity contribution in [3.63, 3.8) is 0 Å². The average Bonchev–Trinajstić information content (AvgIpc) is 2.92. The second kappa shape index (κ2) is 13.7. The molecule has 1 aliphatic rings. The summed E-state index contributed by atoms with van der Waals surface area (Å²) in [5, 5.41) is 12.7. The Morgan fingerprint density at radius 1 is 0.973 bits per heavy atom. The molecule has 0 radical (unpaired) electrons. The molecule has 5 nitrogen and oxygen atoms in total. The number of rotatable bonds is 12. The van der Waals surface area contributed by atoms with Gasteiger partial charge >= 0.3 is 6.18 Å².